The number of sulfonamides is 1. The van der Waals surface area contributed by atoms with Crippen LogP contribution in [0, 0.1) is 13.8 Å². The maximum absolute atomic E-state index is 12.9. The second kappa shape index (κ2) is 7.11. The zero-order valence-corrected chi connectivity index (χ0v) is 16.2. The van der Waals surface area contributed by atoms with Gasteiger partial charge in [0.1, 0.15) is 10.6 Å². The van der Waals surface area contributed by atoms with Gasteiger partial charge in [-0.15, -0.1) is 0 Å². The molecule has 1 N–H and O–H groups in total. The van der Waals surface area contributed by atoms with Crippen molar-refractivity contribution >= 4 is 10.0 Å². The first kappa shape index (κ1) is 19.0. The highest BCUT2D eigenvalue weighted by Crippen LogP contribution is 2.26. The van der Waals surface area contributed by atoms with Crippen LogP contribution in [-0.4, -0.2) is 60.6 Å². The van der Waals surface area contributed by atoms with Gasteiger partial charge in [-0.1, -0.05) is 35.5 Å². The number of rotatable bonds is 5. The number of aliphatic hydroxyl groups is 1. The Kier molecular flexibility index (Phi) is 5.21. The molecule has 8 heteroatoms. The normalized spacial score (nSPS) is 19.4. The molecule has 0 saturated carbocycles. The van der Waals surface area contributed by atoms with Crippen molar-refractivity contribution in [1.29, 1.82) is 0 Å². The lowest BCUT2D eigenvalue weighted by Crippen LogP contribution is -2.51. The molecule has 3 rings (SSSR count). The summed E-state index contributed by atoms with van der Waals surface area (Å²) >= 11 is 0. The lowest BCUT2D eigenvalue weighted by Gasteiger charge is -2.37. The lowest BCUT2D eigenvalue weighted by atomic mass is 9.95. The molecule has 142 valence electrons. The van der Waals surface area contributed by atoms with E-state index in [1.807, 2.05) is 30.3 Å². The summed E-state index contributed by atoms with van der Waals surface area (Å²) in [5.74, 6) is 0.317. The Balaban J connectivity index is 1.66. The summed E-state index contributed by atoms with van der Waals surface area (Å²) in [5, 5.41) is 14.5. The van der Waals surface area contributed by atoms with E-state index in [9.17, 15) is 13.5 Å². The molecule has 26 heavy (non-hydrogen) atoms. The summed E-state index contributed by atoms with van der Waals surface area (Å²) in [7, 11) is -3.61. The fourth-order valence-electron chi connectivity index (χ4n) is 3.42. The van der Waals surface area contributed by atoms with Gasteiger partial charge < -0.3 is 9.63 Å². The first-order chi connectivity index (χ1) is 12.2. The topological polar surface area (TPSA) is 86.9 Å². The highest BCUT2D eigenvalue weighted by atomic mass is 32.2. The predicted molar refractivity (Wildman–Crippen MR) is 97.2 cm³/mol. The quantitative estimate of drug-likeness (QED) is 0.847. The van der Waals surface area contributed by atoms with Crippen molar-refractivity contribution in [2.45, 2.75) is 31.3 Å². The van der Waals surface area contributed by atoms with E-state index in [1.165, 1.54) is 4.31 Å². The van der Waals surface area contributed by atoms with Gasteiger partial charge in [-0.25, -0.2) is 8.42 Å². The maximum Gasteiger partial charge on any atom is 0.248 e. The van der Waals surface area contributed by atoms with E-state index in [4.69, 9.17) is 4.52 Å². The molecule has 1 aliphatic heterocycles. The van der Waals surface area contributed by atoms with Crippen LogP contribution >= 0.6 is 0 Å². The SMILES string of the molecule is Cc1noc(C)c1S(=O)(=O)N1CCN(C[C@](C)(O)c2ccccc2)CC1. The van der Waals surface area contributed by atoms with Crippen LogP contribution in [0.5, 0.6) is 0 Å². The summed E-state index contributed by atoms with van der Waals surface area (Å²) in [6.45, 7) is 7.36. The molecule has 1 atom stereocenters. The molecule has 1 saturated heterocycles. The van der Waals surface area contributed by atoms with Crippen molar-refractivity contribution in [2.75, 3.05) is 32.7 Å². The van der Waals surface area contributed by atoms with E-state index in [0.717, 1.165) is 5.56 Å². The zero-order valence-electron chi connectivity index (χ0n) is 15.3. The van der Waals surface area contributed by atoms with E-state index in [2.05, 4.69) is 10.1 Å². The number of aromatic nitrogens is 1. The molecule has 2 aromatic rings. The minimum Gasteiger partial charge on any atom is -0.384 e. The average Bonchev–Trinajstić information content (AvgIpc) is 2.95. The molecule has 2 heterocycles. The fraction of sp³-hybridized carbons (Fsp3) is 0.500. The van der Waals surface area contributed by atoms with Crippen LogP contribution in [0.1, 0.15) is 23.9 Å². The Hall–Kier alpha value is -1.74. The van der Waals surface area contributed by atoms with E-state index >= 15 is 0 Å². The van der Waals surface area contributed by atoms with Crippen LogP contribution in [0.25, 0.3) is 0 Å². The highest BCUT2D eigenvalue weighted by Gasteiger charge is 2.35. The van der Waals surface area contributed by atoms with Crippen molar-refractivity contribution < 1.29 is 18.0 Å². The monoisotopic (exact) mass is 379 g/mol. The molecule has 1 aromatic carbocycles. The molecule has 0 bridgehead atoms. The maximum atomic E-state index is 12.9. The molecule has 0 spiro atoms. The van der Waals surface area contributed by atoms with Crippen LogP contribution in [0.3, 0.4) is 0 Å². The number of hydrogen-bond donors (Lipinski definition) is 1. The Morgan fingerprint density at radius 2 is 1.77 bits per heavy atom. The summed E-state index contributed by atoms with van der Waals surface area (Å²) in [6.07, 6.45) is 0. The number of β-amino-alcohol motifs (C(OH)–C–C–N with tert-alkyl or cyclic N) is 1. The van der Waals surface area contributed by atoms with Crippen LogP contribution in [-0.2, 0) is 15.6 Å². The Labute approximate surface area is 154 Å². The number of hydrogen-bond acceptors (Lipinski definition) is 6. The fourth-order valence-corrected chi connectivity index (χ4v) is 5.14. The molecular weight excluding hydrogens is 354 g/mol. The third-order valence-electron chi connectivity index (χ3n) is 4.82. The average molecular weight is 379 g/mol. The van der Waals surface area contributed by atoms with Gasteiger partial charge in [0.25, 0.3) is 0 Å². The van der Waals surface area contributed by atoms with Gasteiger partial charge in [0, 0.05) is 32.7 Å². The summed E-state index contributed by atoms with van der Waals surface area (Å²) in [6, 6.07) is 9.52. The van der Waals surface area contributed by atoms with Crippen molar-refractivity contribution in [1.82, 2.24) is 14.4 Å². The number of benzene rings is 1. The number of nitrogens with zero attached hydrogens (tertiary/aromatic N) is 3. The zero-order chi connectivity index (χ0) is 18.9. The van der Waals surface area contributed by atoms with Crippen LogP contribution in [0.2, 0.25) is 0 Å². The van der Waals surface area contributed by atoms with E-state index in [0.29, 0.717) is 44.2 Å². The van der Waals surface area contributed by atoms with Gasteiger partial charge in [0.2, 0.25) is 10.0 Å². The Morgan fingerprint density at radius 3 is 2.31 bits per heavy atom. The molecular formula is C18H25N3O4S. The van der Waals surface area contributed by atoms with Crippen molar-refractivity contribution in [3.8, 4) is 0 Å². The molecule has 0 radical (unpaired) electrons. The Bertz CT molecular complexity index is 834. The molecule has 1 aromatic heterocycles. The van der Waals surface area contributed by atoms with Crippen LogP contribution in [0.4, 0.5) is 0 Å². The van der Waals surface area contributed by atoms with Crippen molar-refractivity contribution in [3.05, 3.63) is 47.3 Å². The largest absolute Gasteiger partial charge is 0.384 e. The van der Waals surface area contributed by atoms with Gasteiger partial charge >= 0.3 is 0 Å². The third kappa shape index (κ3) is 3.68. The minimum absolute atomic E-state index is 0.169. The minimum atomic E-state index is -3.61. The van der Waals surface area contributed by atoms with E-state index in [1.54, 1.807) is 20.8 Å². The summed E-state index contributed by atoms with van der Waals surface area (Å²) in [5.41, 5.74) is 0.256. The van der Waals surface area contributed by atoms with Gasteiger partial charge in [0.15, 0.2) is 5.76 Å². The molecule has 7 nitrogen and oxygen atoms in total. The molecule has 0 aliphatic carbocycles. The van der Waals surface area contributed by atoms with Crippen molar-refractivity contribution in [2.24, 2.45) is 0 Å². The van der Waals surface area contributed by atoms with Crippen LogP contribution in [0.15, 0.2) is 39.8 Å². The van der Waals surface area contributed by atoms with Gasteiger partial charge in [-0.2, -0.15) is 4.31 Å². The number of piperazine rings is 1. The van der Waals surface area contributed by atoms with Gasteiger partial charge in [-0.3, -0.25) is 4.90 Å². The molecule has 1 aliphatic rings. The second-order valence-electron chi connectivity index (χ2n) is 6.97. The third-order valence-corrected chi connectivity index (χ3v) is 6.97. The van der Waals surface area contributed by atoms with Gasteiger partial charge in [0.05, 0.1) is 5.60 Å². The van der Waals surface area contributed by atoms with E-state index < -0.39 is 15.6 Å². The first-order valence-electron chi connectivity index (χ1n) is 8.65. The summed E-state index contributed by atoms with van der Waals surface area (Å²) < 4.78 is 32.2. The lowest BCUT2D eigenvalue weighted by molar-refractivity contribution is 0.00736. The van der Waals surface area contributed by atoms with Crippen molar-refractivity contribution in [3.63, 3.8) is 0 Å². The highest BCUT2D eigenvalue weighted by molar-refractivity contribution is 7.89. The molecule has 0 unspecified atom stereocenters. The molecule has 0 amide bonds. The predicted octanol–water partition coefficient (Wildman–Crippen LogP) is 1.51. The van der Waals surface area contributed by atoms with Crippen LogP contribution < -0.4 is 0 Å². The van der Waals surface area contributed by atoms with Gasteiger partial charge in [-0.05, 0) is 26.3 Å². The smallest absolute Gasteiger partial charge is 0.248 e. The summed E-state index contributed by atoms with van der Waals surface area (Å²) in [4.78, 5) is 2.26. The first-order valence-corrected chi connectivity index (χ1v) is 10.1. The van der Waals surface area contributed by atoms with E-state index in [-0.39, 0.29) is 4.90 Å². The standard InChI is InChI=1S/C18H25N3O4S/c1-14-17(15(2)25-19-14)26(23,24)21-11-9-20(10-12-21)13-18(3,22)16-7-5-4-6-8-16/h4-8,22H,9-13H2,1-3H3/t18-/m0/s1. The Morgan fingerprint density at radius 1 is 1.15 bits per heavy atom. The second-order valence-corrected chi connectivity index (χ2v) is 8.85. The number of aryl methyl sites for hydroxylation is 2. The molecule has 1 fully saturated rings.